The molecular weight excluding hydrogens is 192 g/mol. The van der Waals surface area contributed by atoms with Gasteiger partial charge < -0.3 is 15.2 Å². The van der Waals surface area contributed by atoms with Crippen LogP contribution in [-0.2, 0) is 0 Å². The highest BCUT2D eigenvalue weighted by atomic mass is 16.5. The maximum absolute atomic E-state index is 5.43. The molecule has 0 radical (unpaired) electrons. The first-order chi connectivity index (χ1) is 7.16. The summed E-state index contributed by atoms with van der Waals surface area (Å²) in [4.78, 5) is 6.55. The Balaban J connectivity index is 2.04. The van der Waals surface area contributed by atoms with Crippen molar-refractivity contribution in [3.8, 4) is 0 Å². The van der Waals surface area contributed by atoms with Crippen LogP contribution < -0.4 is 5.73 Å². The highest BCUT2D eigenvalue weighted by Crippen LogP contribution is 2.26. The van der Waals surface area contributed by atoms with Gasteiger partial charge in [0, 0.05) is 18.5 Å². The van der Waals surface area contributed by atoms with Crippen molar-refractivity contribution < 1.29 is 4.52 Å². The summed E-state index contributed by atoms with van der Waals surface area (Å²) in [6.45, 7) is 6.61. The van der Waals surface area contributed by atoms with Gasteiger partial charge in [-0.05, 0) is 33.2 Å². The van der Waals surface area contributed by atoms with Gasteiger partial charge in [0.1, 0.15) is 0 Å². The van der Waals surface area contributed by atoms with E-state index in [9.17, 15) is 0 Å². The molecule has 2 heterocycles. The quantitative estimate of drug-likeness (QED) is 0.795. The average molecular weight is 210 g/mol. The van der Waals surface area contributed by atoms with Gasteiger partial charge in [0.2, 0.25) is 0 Å². The fourth-order valence-electron chi connectivity index (χ4n) is 2.10. The van der Waals surface area contributed by atoms with Crippen molar-refractivity contribution in [1.82, 2.24) is 15.0 Å². The Morgan fingerprint density at radius 1 is 1.53 bits per heavy atom. The smallest absolute Gasteiger partial charge is 0.318 e. The predicted octanol–water partition coefficient (Wildman–Crippen LogP) is 1.24. The Morgan fingerprint density at radius 2 is 2.33 bits per heavy atom. The summed E-state index contributed by atoms with van der Waals surface area (Å²) in [6, 6.07) is 0.753. The van der Waals surface area contributed by atoms with Crippen molar-refractivity contribution in [3.63, 3.8) is 0 Å². The zero-order chi connectivity index (χ0) is 10.8. The van der Waals surface area contributed by atoms with Crippen molar-refractivity contribution in [1.29, 1.82) is 0 Å². The molecule has 1 aliphatic rings. The van der Waals surface area contributed by atoms with E-state index in [0.29, 0.717) is 12.0 Å². The van der Waals surface area contributed by atoms with Gasteiger partial charge in [-0.2, -0.15) is 4.98 Å². The van der Waals surface area contributed by atoms with Crippen LogP contribution in [-0.4, -0.2) is 34.2 Å². The molecule has 15 heavy (non-hydrogen) atoms. The van der Waals surface area contributed by atoms with E-state index in [1.165, 1.54) is 13.0 Å². The SMILES string of the molecule is CC(C)N1CCCC(c2noc(N)n2)C1. The standard InChI is InChI=1S/C10H18N4O/c1-7(2)14-5-3-4-8(6-14)9-12-10(11)15-13-9/h7-8H,3-6H2,1-2H3,(H2,11,12,13). The number of piperidine rings is 1. The monoisotopic (exact) mass is 210 g/mol. The Labute approximate surface area is 89.6 Å². The lowest BCUT2D eigenvalue weighted by Crippen LogP contribution is -2.39. The molecule has 84 valence electrons. The number of hydrogen-bond acceptors (Lipinski definition) is 5. The molecule has 1 unspecified atom stereocenters. The van der Waals surface area contributed by atoms with E-state index in [0.717, 1.165) is 18.8 Å². The van der Waals surface area contributed by atoms with Crippen LogP contribution in [0.5, 0.6) is 0 Å². The van der Waals surface area contributed by atoms with Crippen LogP contribution in [0.25, 0.3) is 0 Å². The first-order valence-corrected chi connectivity index (χ1v) is 5.50. The molecule has 2 rings (SSSR count). The van der Waals surface area contributed by atoms with Gasteiger partial charge in [0.25, 0.3) is 0 Å². The van der Waals surface area contributed by atoms with Crippen LogP contribution >= 0.6 is 0 Å². The number of nitrogen functional groups attached to an aromatic ring is 1. The molecule has 1 fully saturated rings. The number of likely N-dealkylation sites (tertiary alicyclic amines) is 1. The highest BCUT2D eigenvalue weighted by Gasteiger charge is 2.26. The summed E-state index contributed by atoms with van der Waals surface area (Å²) in [5, 5.41) is 3.90. The number of hydrogen-bond donors (Lipinski definition) is 1. The van der Waals surface area contributed by atoms with E-state index in [4.69, 9.17) is 10.3 Å². The molecule has 0 bridgehead atoms. The third-order valence-electron chi connectivity index (χ3n) is 3.01. The molecule has 1 saturated heterocycles. The molecular formula is C10H18N4O. The minimum atomic E-state index is 0.173. The molecule has 0 spiro atoms. The van der Waals surface area contributed by atoms with Gasteiger partial charge in [-0.1, -0.05) is 5.16 Å². The normalized spacial score (nSPS) is 23.5. The molecule has 5 nitrogen and oxygen atoms in total. The van der Waals surface area contributed by atoms with Crippen molar-refractivity contribution in [2.75, 3.05) is 18.8 Å². The molecule has 0 amide bonds. The van der Waals surface area contributed by atoms with Crippen LogP contribution in [0.2, 0.25) is 0 Å². The second-order valence-electron chi connectivity index (χ2n) is 4.42. The van der Waals surface area contributed by atoms with Crippen LogP contribution in [0.3, 0.4) is 0 Å². The van der Waals surface area contributed by atoms with Crippen LogP contribution in [0.1, 0.15) is 38.4 Å². The zero-order valence-electron chi connectivity index (χ0n) is 9.31. The molecule has 1 atom stereocenters. The molecule has 2 N–H and O–H groups in total. The Bertz CT molecular complexity index is 323. The first kappa shape index (κ1) is 10.4. The fraction of sp³-hybridized carbons (Fsp3) is 0.800. The molecule has 1 aliphatic heterocycles. The van der Waals surface area contributed by atoms with Gasteiger partial charge >= 0.3 is 6.01 Å². The summed E-state index contributed by atoms with van der Waals surface area (Å²) in [5.41, 5.74) is 5.43. The third-order valence-corrected chi connectivity index (χ3v) is 3.01. The number of anilines is 1. The highest BCUT2D eigenvalue weighted by molar-refractivity contribution is 5.10. The summed E-state index contributed by atoms with van der Waals surface area (Å²) in [6.07, 6.45) is 2.32. The molecule has 5 heteroatoms. The Morgan fingerprint density at radius 3 is 2.93 bits per heavy atom. The third kappa shape index (κ3) is 2.28. The van der Waals surface area contributed by atoms with E-state index in [2.05, 4.69) is 28.9 Å². The first-order valence-electron chi connectivity index (χ1n) is 5.50. The largest absolute Gasteiger partial charge is 0.351 e. The van der Waals surface area contributed by atoms with E-state index in [1.807, 2.05) is 0 Å². The van der Waals surface area contributed by atoms with Gasteiger partial charge in [0.05, 0.1) is 0 Å². The summed E-state index contributed by atoms with van der Waals surface area (Å²) < 4.78 is 4.81. The lowest BCUT2D eigenvalue weighted by molar-refractivity contribution is 0.163. The minimum absolute atomic E-state index is 0.173. The van der Waals surface area contributed by atoms with Gasteiger partial charge in [0.15, 0.2) is 5.82 Å². The summed E-state index contributed by atoms with van der Waals surface area (Å²) >= 11 is 0. The number of nitrogens with two attached hydrogens (primary N) is 1. The van der Waals surface area contributed by atoms with Crippen molar-refractivity contribution in [2.45, 2.75) is 38.6 Å². The van der Waals surface area contributed by atoms with E-state index in [1.54, 1.807) is 0 Å². The maximum atomic E-state index is 5.43. The Hall–Kier alpha value is -1.10. The number of rotatable bonds is 2. The lowest BCUT2D eigenvalue weighted by atomic mass is 9.96. The van der Waals surface area contributed by atoms with Crippen LogP contribution in [0.15, 0.2) is 4.52 Å². The lowest BCUT2D eigenvalue weighted by Gasteiger charge is -2.34. The van der Waals surface area contributed by atoms with Crippen molar-refractivity contribution >= 4 is 6.01 Å². The Kier molecular flexibility index (Phi) is 2.90. The fourth-order valence-corrected chi connectivity index (χ4v) is 2.10. The van der Waals surface area contributed by atoms with Crippen LogP contribution in [0.4, 0.5) is 6.01 Å². The van der Waals surface area contributed by atoms with Gasteiger partial charge in [-0.25, -0.2) is 0 Å². The zero-order valence-corrected chi connectivity index (χ0v) is 9.31. The summed E-state index contributed by atoms with van der Waals surface area (Å²) in [7, 11) is 0. The molecule has 1 aromatic heterocycles. The molecule has 1 aromatic rings. The molecule has 0 aromatic carbocycles. The van der Waals surface area contributed by atoms with E-state index >= 15 is 0 Å². The van der Waals surface area contributed by atoms with Gasteiger partial charge in [-0.3, -0.25) is 0 Å². The average Bonchev–Trinajstić information content (AvgIpc) is 2.65. The van der Waals surface area contributed by atoms with Crippen molar-refractivity contribution in [2.24, 2.45) is 0 Å². The molecule has 0 saturated carbocycles. The van der Waals surface area contributed by atoms with E-state index < -0.39 is 0 Å². The second-order valence-corrected chi connectivity index (χ2v) is 4.42. The maximum Gasteiger partial charge on any atom is 0.318 e. The van der Waals surface area contributed by atoms with Gasteiger partial charge in [-0.15, -0.1) is 0 Å². The summed E-state index contributed by atoms with van der Waals surface area (Å²) in [5.74, 6) is 1.14. The van der Waals surface area contributed by atoms with Crippen molar-refractivity contribution in [3.05, 3.63) is 5.82 Å². The second kappa shape index (κ2) is 4.18. The molecule has 0 aliphatic carbocycles. The van der Waals surface area contributed by atoms with E-state index in [-0.39, 0.29) is 6.01 Å². The predicted molar refractivity (Wildman–Crippen MR) is 57.4 cm³/mol. The number of nitrogens with zero attached hydrogens (tertiary/aromatic N) is 3. The van der Waals surface area contributed by atoms with Crippen LogP contribution in [0, 0.1) is 0 Å². The topological polar surface area (TPSA) is 68.2 Å². The number of aromatic nitrogens is 2. The minimum Gasteiger partial charge on any atom is -0.351 e.